The van der Waals surface area contributed by atoms with E-state index in [0.717, 1.165) is 22.3 Å². The number of non-ortho nitro benzene ring substituents is 1. The fourth-order valence-electron chi connectivity index (χ4n) is 6.01. The number of urea groups is 1. The smallest absolute Gasteiger partial charge is 0.329 e. The van der Waals surface area contributed by atoms with Crippen molar-refractivity contribution in [1.29, 1.82) is 0 Å². The molecule has 0 aliphatic heterocycles. The summed E-state index contributed by atoms with van der Waals surface area (Å²) in [5.74, 6) is -1.95. The van der Waals surface area contributed by atoms with Crippen molar-refractivity contribution in [3.05, 3.63) is 184 Å². The highest BCUT2D eigenvalue weighted by molar-refractivity contribution is 5.84. The molecule has 5 rings (SSSR count). The number of carbonyl (C=O) groups is 4. The second kappa shape index (κ2) is 22.0. The summed E-state index contributed by atoms with van der Waals surface area (Å²) in [4.78, 5) is 68.6. The van der Waals surface area contributed by atoms with E-state index in [0.29, 0.717) is 5.56 Å². The van der Waals surface area contributed by atoms with Crippen LogP contribution >= 0.6 is 0 Å². The van der Waals surface area contributed by atoms with Gasteiger partial charge in [0.15, 0.2) is 0 Å². The van der Waals surface area contributed by atoms with E-state index in [4.69, 9.17) is 14.2 Å². The van der Waals surface area contributed by atoms with Gasteiger partial charge in [0, 0.05) is 31.6 Å². The van der Waals surface area contributed by atoms with E-state index in [1.54, 1.807) is 12.1 Å². The number of benzene rings is 5. The molecule has 0 heterocycles. The Morgan fingerprint density at radius 2 is 1.05 bits per heavy atom. The number of nitrogens with zero attached hydrogens (tertiary/aromatic N) is 3. The molecule has 1 unspecified atom stereocenters. The summed E-state index contributed by atoms with van der Waals surface area (Å²) < 4.78 is 16.9. The average molecular weight is 787 g/mol. The van der Waals surface area contributed by atoms with Gasteiger partial charge in [-0.15, -0.1) is 0 Å². The molecule has 0 aromatic heterocycles. The van der Waals surface area contributed by atoms with Crippen LogP contribution in [-0.4, -0.2) is 70.9 Å². The van der Waals surface area contributed by atoms with E-state index in [2.05, 4.69) is 5.32 Å². The zero-order valence-corrected chi connectivity index (χ0v) is 32.2. The first-order valence-corrected chi connectivity index (χ1v) is 18.8. The third kappa shape index (κ3) is 13.7. The first kappa shape index (κ1) is 42.3. The molecule has 0 aliphatic rings. The van der Waals surface area contributed by atoms with Crippen molar-refractivity contribution in [2.45, 2.75) is 45.2 Å². The minimum absolute atomic E-state index is 0.0163. The van der Waals surface area contributed by atoms with Gasteiger partial charge in [-0.25, -0.2) is 9.59 Å². The van der Waals surface area contributed by atoms with Gasteiger partial charge in [0.1, 0.15) is 25.9 Å². The molecular weight excluding hydrogens is 741 g/mol. The van der Waals surface area contributed by atoms with Gasteiger partial charge >= 0.3 is 23.9 Å². The van der Waals surface area contributed by atoms with Gasteiger partial charge in [-0.2, -0.15) is 0 Å². The highest BCUT2D eigenvalue weighted by atomic mass is 16.6. The fraction of sp³-hybridized carbons (Fsp3) is 0.244. The number of amides is 2. The normalized spacial score (nSPS) is 11.8. The van der Waals surface area contributed by atoms with Crippen LogP contribution in [0.2, 0.25) is 0 Å². The number of nitro benzene ring substituents is 1. The van der Waals surface area contributed by atoms with Crippen molar-refractivity contribution < 1.29 is 38.3 Å². The SMILES string of the molecule is CC(NC(=O)N(CCN(CC(=O)OCc1ccccc1)CC(=O)OCc1ccccc1)[C@H](Cc1ccc([N+](=O)[O-])cc1)C(=O)OCc1ccccc1)c1ccccc1. The molecule has 0 saturated heterocycles. The molecule has 58 heavy (non-hydrogen) atoms. The number of ether oxygens (including phenoxy) is 3. The maximum atomic E-state index is 14.4. The molecule has 13 nitrogen and oxygen atoms in total. The molecule has 13 heteroatoms. The minimum Gasteiger partial charge on any atom is -0.460 e. The molecule has 2 amide bonds. The van der Waals surface area contributed by atoms with Crippen LogP contribution in [0.3, 0.4) is 0 Å². The van der Waals surface area contributed by atoms with Gasteiger partial charge in [0.2, 0.25) is 0 Å². The summed E-state index contributed by atoms with van der Waals surface area (Å²) in [6.07, 6.45) is -0.0585. The summed E-state index contributed by atoms with van der Waals surface area (Å²) in [6, 6.07) is 40.0. The number of nitro groups is 1. The summed E-state index contributed by atoms with van der Waals surface area (Å²) >= 11 is 0. The van der Waals surface area contributed by atoms with E-state index in [9.17, 15) is 29.3 Å². The van der Waals surface area contributed by atoms with E-state index in [1.807, 2.05) is 116 Å². The molecule has 5 aromatic carbocycles. The topological polar surface area (TPSA) is 158 Å². The maximum Gasteiger partial charge on any atom is 0.329 e. The Morgan fingerprint density at radius 3 is 1.52 bits per heavy atom. The lowest BCUT2D eigenvalue weighted by Crippen LogP contribution is -2.54. The summed E-state index contributed by atoms with van der Waals surface area (Å²) in [5.41, 5.74) is 3.51. The molecule has 0 saturated carbocycles. The minimum atomic E-state index is -1.23. The standard InChI is InChI=1S/C45H46N4O9/c1-34(39-20-12-5-13-21-39)46-45(53)48(41(28-35-22-24-40(25-23-35)49(54)55)44(52)58-33-38-18-10-4-11-19-38)27-26-47(29-42(50)56-31-36-14-6-2-7-15-36)30-43(51)57-32-37-16-8-3-9-17-37/h2-25,34,41H,26-33H2,1H3,(H,46,53)/t34?,41-/m1/s1. The highest BCUT2D eigenvalue weighted by Crippen LogP contribution is 2.19. The molecule has 0 fully saturated rings. The molecule has 1 N–H and O–H groups in total. The Hall–Kier alpha value is -6.86. The van der Waals surface area contributed by atoms with E-state index >= 15 is 0 Å². The second-order valence-electron chi connectivity index (χ2n) is 13.5. The van der Waals surface area contributed by atoms with Crippen molar-refractivity contribution >= 4 is 29.6 Å². The number of nitrogens with one attached hydrogen (secondary N) is 1. The average Bonchev–Trinajstić information content (AvgIpc) is 3.25. The molecule has 5 aromatic rings. The number of hydrogen-bond donors (Lipinski definition) is 1. The maximum absolute atomic E-state index is 14.4. The molecule has 0 bridgehead atoms. The largest absolute Gasteiger partial charge is 0.460 e. The lowest BCUT2D eigenvalue weighted by Gasteiger charge is -2.33. The summed E-state index contributed by atoms with van der Waals surface area (Å²) in [7, 11) is 0. The predicted octanol–water partition coefficient (Wildman–Crippen LogP) is 6.81. The van der Waals surface area contributed by atoms with Crippen molar-refractivity contribution in [2.75, 3.05) is 26.2 Å². The van der Waals surface area contributed by atoms with Gasteiger partial charge < -0.3 is 24.4 Å². The number of esters is 3. The van der Waals surface area contributed by atoms with Gasteiger partial charge in [-0.3, -0.25) is 24.6 Å². The quantitative estimate of drug-likeness (QED) is 0.0385. The van der Waals surface area contributed by atoms with Gasteiger partial charge in [-0.05, 0) is 34.7 Å². The van der Waals surface area contributed by atoms with Crippen LogP contribution in [-0.2, 0) is 54.8 Å². The first-order chi connectivity index (χ1) is 28.1. The zero-order valence-electron chi connectivity index (χ0n) is 32.2. The van der Waals surface area contributed by atoms with Crippen molar-refractivity contribution in [2.24, 2.45) is 0 Å². The predicted molar refractivity (Wildman–Crippen MR) is 216 cm³/mol. The van der Waals surface area contributed by atoms with E-state index in [1.165, 1.54) is 34.1 Å². The molecule has 0 radical (unpaired) electrons. The number of rotatable bonds is 20. The van der Waals surface area contributed by atoms with Crippen molar-refractivity contribution in [3.8, 4) is 0 Å². The molecule has 2 atom stereocenters. The Balaban J connectivity index is 1.42. The fourth-order valence-corrected chi connectivity index (χ4v) is 6.01. The summed E-state index contributed by atoms with van der Waals surface area (Å²) in [5, 5.41) is 14.4. The van der Waals surface area contributed by atoms with Gasteiger partial charge in [0.25, 0.3) is 5.69 Å². The number of hydrogen-bond acceptors (Lipinski definition) is 10. The molecule has 300 valence electrons. The van der Waals surface area contributed by atoms with Crippen LogP contribution in [0.15, 0.2) is 146 Å². The van der Waals surface area contributed by atoms with Crippen LogP contribution in [0.4, 0.5) is 10.5 Å². The Morgan fingerprint density at radius 1 is 0.603 bits per heavy atom. The Bertz CT molecular complexity index is 2010. The third-order valence-electron chi connectivity index (χ3n) is 9.20. The van der Waals surface area contributed by atoms with E-state index < -0.39 is 40.9 Å². The molecule has 0 aliphatic carbocycles. The zero-order chi connectivity index (χ0) is 41.1. The Labute approximate surface area is 337 Å². The molecular formula is C45H46N4O9. The van der Waals surface area contributed by atoms with Crippen LogP contribution in [0, 0.1) is 10.1 Å². The van der Waals surface area contributed by atoms with Crippen molar-refractivity contribution in [3.63, 3.8) is 0 Å². The Kier molecular flexibility index (Phi) is 16.1. The lowest BCUT2D eigenvalue weighted by molar-refractivity contribution is -0.384. The highest BCUT2D eigenvalue weighted by Gasteiger charge is 2.33. The summed E-state index contributed by atoms with van der Waals surface area (Å²) in [6.45, 7) is 0.912. The number of carbonyl (C=O) groups excluding carboxylic acids is 4. The van der Waals surface area contributed by atoms with Crippen LogP contribution in [0.1, 0.15) is 40.8 Å². The lowest BCUT2D eigenvalue weighted by atomic mass is 10.0. The van der Waals surface area contributed by atoms with Crippen molar-refractivity contribution in [1.82, 2.24) is 15.1 Å². The van der Waals surface area contributed by atoms with Gasteiger partial charge in [-0.1, -0.05) is 133 Å². The monoisotopic (exact) mass is 786 g/mol. The second-order valence-corrected chi connectivity index (χ2v) is 13.5. The van der Waals surface area contributed by atoms with Crippen LogP contribution in [0.25, 0.3) is 0 Å². The van der Waals surface area contributed by atoms with Gasteiger partial charge in [0.05, 0.1) is 24.1 Å². The van der Waals surface area contributed by atoms with Crippen LogP contribution < -0.4 is 5.32 Å². The molecule has 0 spiro atoms. The first-order valence-electron chi connectivity index (χ1n) is 18.8. The third-order valence-corrected chi connectivity index (χ3v) is 9.20. The van der Waals surface area contributed by atoms with Crippen LogP contribution in [0.5, 0.6) is 0 Å². The van der Waals surface area contributed by atoms with E-state index in [-0.39, 0.29) is 58.1 Å².